The molecule has 2 atom stereocenters. The van der Waals surface area contributed by atoms with E-state index in [1.807, 2.05) is 6.92 Å². The fourth-order valence-corrected chi connectivity index (χ4v) is 2.12. The molecular weight excluding hydrogens is 164 g/mol. The normalized spacial score (nSPS) is 27.5. The van der Waals surface area contributed by atoms with E-state index in [4.69, 9.17) is 10.5 Å². The molecule has 1 rings (SSSR count). The van der Waals surface area contributed by atoms with Crippen molar-refractivity contribution >= 4 is 0 Å². The number of ether oxygens (including phenoxy) is 1. The summed E-state index contributed by atoms with van der Waals surface area (Å²) in [6.45, 7) is 5.84. The van der Waals surface area contributed by atoms with Gasteiger partial charge in [-0.05, 0) is 39.3 Å². The molecule has 13 heavy (non-hydrogen) atoms. The van der Waals surface area contributed by atoms with Gasteiger partial charge in [-0.2, -0.15) is 0 Å². The van der Waals surface area contributed by atoms with Crippen molar-refractivity contribution in [3.63, 3.8) is 0 Å². The molecule has 2 N–H and O–H groups in total. The van der Waals surface area contributed by atoms with Gasteiger partial charge in [-0.15, -0.1) is 0 Å². The lowest BCUT2D eigenvalue weighted by Crippen LogP contribution is -2.42. The summed E-state index contributed by atoms with van der Waals surface area (Å²) in [5.74, 6) is 0.642. The first-order valence-electron chi connectivity index (χ1n) is 5.28. The van der Waals surface area contributed by atoms with Gasteiger partial charge in [0.2, 0.25) is 0 Å². The molecule has 2 unspecified atom stereocenters. The lowest BCUT2D eigenvalue weighted by Gasteiger charge is -2.34. The molecule has 0 bridgehead atoms. The lowest BCUT2D eigenvalue weighted by atomic mass is 9.93. The molecule has 1 heterocycles. The Hall–Kier alpha value is -0.120. The standard InChI is InChI=1S/C10H22N2O/c1-3-13-10(7-11)9-5-4-6-12(2)8-9/h9-10H,3-8,11H2,1-2H3. The van der Waals surface area contributed by atoms with Crippen LogP contribution < -0.4 is 5.73 Å². The maximum absolute atomic E-state index is 5.69. The third-order valence-electron chi connectivity index (χ3n) is 2.80. The highest BCUT2D eigenvalue weighted by molar-refractivity contribution is 4.78. The predicted molar refractivity (Wildman–Crippen MR) is 54.7 cm³/mol. The molecule has 0 aromatic carbocycles. The summed E-state index contributed by atoms with van der Waals surface area (Å²) in [5, 5.41) is 0. The van der Waals surface area contributed by atoms with Crippen LogP contribution in [0.15, 0.2) is 0 Å². The highest BCUT2D eigenvalue weighted by atomic mass is 16.5. The molecule has 0 aromatic rings. The third-order valence-corrected chi connectivity index (χ3v) is 2.80. The molecule has 1 aliphatic heterocycles. The summed E-state index contributed by atoms with van der Waals surface area (Å²) in [5.41, 5.74) is 5.69. The minimum Gasteiger partial charge on any atom is -0.377 e. The quantitative estimate of drug-likeness (QED) is 0.702. The molecular formula is C10H22N2O. The number of nitrogens with zero attached hydrogens (tertiary/aromatic N) is 1. The van der Waals surface area contributed by atoms with E-state index in [-0.39, 0.29) is 6.10 Å². The average molecular weight is 186 g/mol. The Morgan fingerprint density at radius 3 is 2.92 bits per heavy atom. The molecule has 0 saturated carbocycles. The van der Waals surface area contributed by atoms with Crippen LogP contribution in [0.5, 0.6) is 0 Å². The minimum atomic E-state index is 0.271. The summed E-state index contributed by atoms with van der Waals surface area (Å²) < 4.78 is 5.63. The van der Waals surface area contributed by atoms with Gasteiger partial charge < -0.3 is 15.4 Å². The van der Waals surface area contributed by atoms with E-state index in [0.29, 0.717) is 12.5 Å². The van der Waals surface area contributed by atoms with Crippen molar-refractivity contribution < 1.29 is 4.74 Å². The second-order valence-electron chi connectivity index (χ2n) is 3.89. The first-order chi connectivity index (χ1) is 6.27. The number of rotatable bonds is 4. The van der Waals surface area contributed by atoms with Gasteiger partial charge in [-0.3, -0.25) is 0 Å². The van der Waals surface area contributed by atoms with Crippen LogP contribution in [0.4, 0.5) is 0 Å². The summed E-state index contributed by atoms with van der Waals surface area (Å²) in [4.78, 5) is 2.37. The van der Waals surface area contributed by atoms with E-state index in [0.717, 1.165) is 13.2 Å². The van der Waals surface area contributed by atoms with Gasteiger partial charge in [-0.1, -0.05) is 0 Å². The Kier molecular flexibility index (Phi) is 4.70. The van der Waals surface area contributed by atoms with Crippen LogP contribution in [-0.2, 0) is 4.74 Å². The van der Waals surface area contributed by atoms with E-state index < -0.39 is 0 Å². The van der Waals surface area contributed by atoms with Crippen LogP contribution in [0, 0.1) is 5.92 Å². The zero-order valence-corrected chi connectivity index (χ0v) is 8.83. The van der Waals surface area contributed by atoms with Crippen molar-refractivity contribution in [1.82, 2.24) is 4.90 Å². The van der Waals surface area contributed by atoms with E-state index in [2.05, 4.69) is 11.9 Å². The number of hydrogen-bond donors (Lipinski definition) is 1. The number of likely N-dealkylation sites (tertiary alicyclic amines) is 1. The Labute approximate surface area is 81.2 Å². The van der Waals surface area contributed by atoms with Gasteiger partial charge >= 0.3 is 0 Å². The molecule has 78 valence electrons. The van der Waals surface area contributed by atoms with E-state index in [1.54, 1.807) is 0 Å². The minimum absolute atomic E-state index is 0.271. The van der Waals surface area contributed by atoms with Gasteiger partial charge in [0, 0.05) is 19.7 Å². The largest absolute Gasteiger partial charge is 0.377 e. The van der Waals surface area contributed by atoms with Gasteiger partial charge in [0.1, 0.15) is 0 Å². The molecule has 0 aromatic heterocycles. The van der Waals surface area contributed by atoms with Gasteiger partial charge in [-0.25, -0.2) is 0 Å². The molecule has 1 saturated heterocycles. The zero-order chi connectivity index (χ0) is 9.68. The highest BCUT2D eigenvalue weighted by Crippen LogP contribution is 2.20. The smallest absolute Gasteiger partial charge is 0.0737 e. The average Bonchev–Trinajstić information content (AvgIpc) is 2.14. The Bertz CT molecular complexity index is 141. The van der Waals surface area contributed by atoms with Crippen molar-refractivity contribution in [3.8, 4) is 0 Å². The SMILES string of the molecule is CCOC(CN)C1CCCN(C)C1. The van der Waals surface area contributed by atoms with Crippen molar-refractivity contribution in [2.45, 2.75) is 25.9 Å². The van der Waals surface area contributed by atoms with Crippen LogP contribution in [0.3, 0.4) is 0 Å². The molecule has 0 radical (unpaired) electrons. The lowest BCUT2D eigenvalue weighted by molar-refractivity contribution is 0.00165. The maximum atomic E-state index is 5.69. The number of hydrogen-bond acceptors (Lipinski definition) is 3. The molecule has 0 spiro atoms. The molecule has 3 nitrogen and oxygen atoms in total. The zero-order valence-electron chi connectivity index (χ0n) is 8.83. The fraction of sp³-hybridized carbons (Fsp3) is 1.00. The van der Waals surface area contributed by atoms with Crippen LogP contribution in [0.2, 0.25) is 0 Å². The Morgan fingerprint density at radius 1 is 1.62 bits per heavy atom. The molecule has 1 fully saturated rings. The maximum Gasteiger partial charge on any atom is 0.0737 e. The Morgan fingerprint density at radius 2 is 2.38 bits per heavy atom. The van der Waals surface area contributed by atoms with Crippen molar-refractivity contribution in [3.05, 3.63) is 0 Å². The monoisotopic (exact) mass is 186 g/mol. The van der Waals surface area contributed by atoms with Gasteiger partial charge in [0.05, 0.1) is 6.10 Å². The van der Waals surface area contributed by atoms with Crippen LogP contribution in [0.1, 0.15) is 19.8 Å². The Balaban J connectivity index is 2.37. The van der Waals surface area contributed by atoms with Crippen molar-refractivity contribution in [2.75, 3.05) is 33.3 Å². The third kappa shape index (κ3) is 3.25. The van der Waals surface area contributed by atoms with Gasteiger partial charge in [0.15, 0.2) is 0 Å². The second-order valence-corrected chi connectivity index (χ2v) is 3.89. The molecule has 3 heteroatoms. The van der Waals surface area contributed by atoms with Crippen LogP contribution >= 0.6 is 0 Å². The topological polar surface area (TPSA) is 38.5 Å². The second kappa shape index (κ2) is 5.58. The van der Waals surface area contributed by atoms with E-state index >= 15 is 0 Å². The highest BCUT2D eigenvalue weighted by Gasteiger charge is 2.24. The number of piperidine rings is 1. The summed E-state index contributed by atoms with van der Waals surface area (Å²) >= 11 is 0. The summed E-state index contributed by atoms with van der Waals surface area (Å²) in [6, 6.07) is 0. The fourth-order valence-electron chi connectivity index (χ4n) is 2.12. The summed E-state index contributed by atoms with van der Waals surface area (Å²) in [6.07, 6.45) is 2.82. The van der Waals surface area contributed by atoms with E-state index in [1.165, 1.54) is 19.4 Å². The summed E-state index contributed by atoms with van der Waals surface area (Å²) in [7, 11) is 2.17. The molecule has 0 amide bonds. The van der Waals surface area contributed by atoms with Crippen LogP contribution in [-0.4, -0.2) is 44.3 Å². The first-order valence-corrected chi connectivity index (χ1v) is 5.28. The van der Waals surface area contributed by atoms with Gasteiger partial charge in [0.25, 0.3) is 0 Å². The predicted octanol–water partition coefficient (Wildman–Crippen LogP) is 0.692. The van der Waals surface area contributed by atoms with Crippen molar-refractivity contribution in [2.24, 2.45) is 11.7 Å². The molecule has 0 aliphatic carbocycles. The van der Waals surface area contributed by atoms with Crippen LogP contribution in [0.25, 0.3) is 0 Å². The molecule has 1 aliphatic rings. The van der Waals surface area contributed by atoms with Crippen molar-refractivity contribution in [1.29, 1.82) is 0 Å². The van der Waals surface area contributed by atoms with E-state index in [9.17, 15) is 0 Å². The number of nitrogens with two attached hydrogens (primary N) is 1. The first kappa shape index (κ1) is 11.0.